The summed E-state index contributed by atoms with van der Waals surface area (Å²) in [5.74, 6) is -4.03. The number of carboxylic acids is 2. The molecule has 19 heavy (non-hydrogen) atoms. The van der Waals surface area contributed by atoms with Crippen LogP contribution in [0.25, 0.3) is 0 Å². The highest BCUT2D eigenvalue weighted by atomic mass is 32.2. The maximum Gasteiger partial charge on any atom is 0.342 e. The maximum absolute atomic E-state index is 11.9. The van der Waals surface area contributed by atoms with Crippen LogP contribution in [0.3, 0.4) is 0 Å². The molecule has 1 aromatic rings. The number of aryl methyl sites for hydroxylation is 1. The van der Waals surface area contributed by atoms with E-state index in [2.05, 4.69) is 0 Å². The summed E-state index contributed by atoms with van der Waals surface area (Å²) >= 11 is 0. The lowest BCUT2D eigenvalue weighted by Crippen LogP contribution is -2.14. The third kappa shape index (κ3) is 3.92. The average molecular weight is 284 g/mol. The Hall–Kier alpha value is -2.15. The van der Waals surface area contributed by atoms with E-state index in [-0.39, 0.29) is 4.90 Å². The Morgan fingerprint density at radius 1 is 1.11 bits per heavy atom. The van der Waals surface area contributed by atoms with Crippen molar-refractivity contribution in [3.63, 3.8) is 0 Å². The zero-order valence-corrected chi connectivity index (χ0v) is 10.8. The summed E-state index contributed by atoms with van der Waals surface area (Å²) in [6.07, 6.45) is 0.680. The molecule has 1 aromatic carbocycles. The van der Waals surface area contributed by atoms with Gasteiger partial charge in [0.25, 0.3) is 0 Å². The lowest BCUT2D eigenvalue weighted by molar-refractivity contribution is -0.140. The van der Waals surface area contributed by atoms with Gasteiger partial charge in [0.05, 0.1) is 10.6 Å². The number of rotatable bonds is 5. The molecule has 102 valence electrons. The van der Waals surface area contributed by atoms with Gasteiger partial charge >= 0.3 is 11.9 Å². The van der Waals surface area contributed by atoms with E-state index in [1.165, 1.54) is 12.1 Å². The number of hydrogen-bond acceptors (Lipinski definition) is 4. The minimum Gasteiger partial charge on any atom is -0.477 e. The number of benzene rings is 1. The van der Waals surface area contributed by atoms with E-state index in [0.717, 1.165) is 5.56 Å². The molecular weight excluding hydrogens is 272 g/mol. The lowest BCUT2D eigenvalue weighted by atomic mass is 10.2. The fourth-order valence-electron chi connectivity index (χ4n) is 1.30. The van der Waals surface area contributed by atoms with Crippen molar-refractivity contribution in [1.82, 2.24) is 0 Å². The summed E-state index contributed by atoms with van der Waals surface area (Å²) in [4.78, 5) is 21.2. The summed E-state index contributed by atoms with van der Waals surface area (Å²) < 4.78 is 23.7. The SMILES string of the molecule is Cc1ccc(S(=O)(=O)CC=C(C(=O)O)C(=O)O)cc1. The second-order valence-electron chi connectivity index (χ2n) is 3.82. The van der Waals surface area contributed by atoms with Crippen LogP contribution in [-0.2, 0) is 19.4 Å². The van der Waals surface area contributed by atoms with Gasteiger partial charge in [-0.15, -0.1) is 0 Å². The minimum atomic E-state index is -3.74. The van der Waals surface area contributed by atoms with Gasteiger partial charge in [0.15, 0.2) is 9.84 Å². The van der Waals surface area contributed by atoms with E-state index < -0.39 is 33.1 Å². The molecule has 0 saturated carbocycles. The van der Waals surface area contributed by atoms with Gasteiger partial charge in [-0.05, 0) is 25.1 Å². The molecule has 0 aliphatic heterocycles. The third-order valence-electron chi connectivity index (χ3n) is 2.35. The van der Waals surface area contributed by atoms with Crippen LogP contribution in [0.4, 0.5) is 0 Å². The highest BCUT2D eigenvalue weighted by Gasteiger charge is 2.19. The molecule has 0 atom stereocenters. The monoisotopic (exact) mass is 284 g/mol. The molecule has 0 radical (unpaired) electrons. The molecule has 7 heteroatoms. The molecule has 0 aliphatic carbocycles. The van der Waals surface area contributed by atoms with Gasteiger partial charge in [-0.3, -0.25) is 0 Å². The molecule has 0 bridgehead atoms. The van der Waals surface area contributed by atoms with Gasteiger partial charge < -0.3 is 10.2 Å². The molecule has 1 rings (SSSR count). The molecule has 0 saturated heterocycles. The first kappa shape index (κ1) is 14.9. The maximum atomic E-state index is 11.9. The standard InChI is InChI=1S/C12H12O6S/c1-8-2-4-9(5-3-8)19(17,18)7-6-10(11(13)14)12(15)16/h2-6H,7H2,1H3,(H,13,14)(H,15,16). The Balaban J connectivity index is 3.04. The van der Waals surface area contributed by atoms with Crippen LogP contribution in [0.2, 0.25) is 0 Å². The lowest BCUT2D eigenvalue weighted by Gasteiger charge is -2.02. The fourth-order valence-corrected chi connectivity index (χ4v) is 2.43. The first-order valence-electron chi connectivity index (χ1n) is 5.20. The van der Waals surface area contributed by atoms with Crippen LogP contribution in [-0.4, -0.2) is 36.3 Å². The van der Waals surface area contributed by atoms with Gasteiger partial charge in [-0.25, -0.2) is 18.0 Å². The molecule has 0 heterocycles. The van der Waals surface area contributed by atoms with Crippen molar-refractivity contribution < 1.29 is 28.2 Å². The normalized spacial score (nSPS) is 10.8. The predicted molar refractivity (Wildman–Crippen MR) is 66.6 cm³/mol. The van der Waals surface area contributed by atoms with Gasteiger partial charge in [-0.1, -0.05) is 17.7 Å². The Bertz CT molecular complexity index is 609. The van der Waals surface area contributed by atoms with E-state index in [9.17, 15) is 18.0 Å². The highest BCUT2D eigenvalue weighted by molar-refractivity contribution is 7.91. The number of aliphatic carboxylic acids is 2. The summed E-state index contributed by atoms with van der Waals surface area (Å²) in [5.41, 5.74) is -0.0815. The van der Waals surface area contributed by atoms with Crippen molar-refractivity contribution in [3.8, 4) is 0 Å². The van der Waals surface area contributed by atoms with E-state index >= 15 is 0 Å². The topological polar surface area (TPSA) is 109 Å². The molecule has 0 fully saturated rings. The van der Waals surface area contributed by atoms with Crippen molar-refractivity contribution in [2.24, 2.45) is 0 Å². The highest BCUT2D eigenvalue weighted by Crippen LogP contribution is 2.13. The van der Waals surface area contributed by atoms with Crippen LogP contribution in [0.1, 0.15) is 5.56 Å². The van der Waals surface area contributed by atoms with Crippen LogP contribution in [0.5, 0.6) is 0 Å². The Kier molecular flexibility index (Phi) is 4.44. The number of carbonyl (C=O) groups is 2. The first-order valence-corrected chi connectivity index (χ1v) is 6.85. The van der Waals surface area contributed by atoms with Crippen molar-refractivity contribution in [3.05, 3.63) is 41.5 Å². The predicted octanol–water partition coefficient (Wildman–Crippen LogP) is 0.864. The van der Waals surface area contributed by atoms with Crippen LogP contribution < -0.4 is 0 Å². The van der Waals surface area contributed by atoms with Crippen molar-refractivity contribution in [1.29, 1.82) is 0 Å². The third-order valence-corrected chi connectivity index (χ3v) is 3.94. The van der Waals surface area contributed by atoms with Crippen LogP contribution in [0.15, 0.2) is 40.8 Å². The summed E-state index contributed by atoms with van der Waals surface area (Å²) in [6, 6.07) is 5.98. The summed E-state index contributed by atoms with van der Waals surface area (Å²) in [5, 5.41) is 17.2. The first-order chi connectivity index (χ1) is 8.74. The van der Waals surface area contributed by atoms with Crippen LogP contribution in [0, 0.1) is 6.92 Å². The zero-order valence-electron chi connectivity index (χ0n) is 10.0. The van der Waals surface area contributed by atoms with Crippen molar-refractivity contribution in [2.45, 2.75) is 11.8 Å². The van der Waals surface area contributed by atoms with E-state index in [4.69, 9.17) is 10.2 Å². The Morgan fingerprint density at radius 3 is 2.00 bits per heavy atom. The summed E-state index contributed by atoms with van der Waals surface area (Å²) in [6.45, 7) is 1.79. The van der Waals surface area contributed by atoms with E-state index in [1.807, 2.05) is 0 Å². The molecule has 2 N–H and O–H groups in total. The molecule has 0 amide bonds. The molecule has 0 aromatic heterocycles. The second kappa shape index (κ2) is 5.66. The van der Waals surface area contributed by atoms with E-state index in [0.29, 0.717) is 6.08 Å². The summed E-state index contributed by atoms with van der Waals surface area (Å²) in [7, 11) is -3.74. The van der Waals surface area contributed by atoms with Gasteiger partial charge in [0.2, 0.25) is 0 Å². The van der Waals surface area contributed by atoms with Gasteiger partial charge in [0.1, 0.15) is 5.57 Å². The van der Waals surface area contributed by atoms with Crippen molar-refractivity contribution >= 4 is 21.8 Å². The van der Waals surface area contributed by atoms with Gasteiger partial charge in [0, 0.05) is 0 Å². The molecule has 0 spiro atoms. The van der Waals surface area contributed by atoms with Crippen LogP contribution >= 0.6 is 0 Å². The quantitative estimate of drug-likeness (QED) is 0.471. The van der Waals surface area contributed by atoms with Gasteiger partial charge in [-0.2, -0.15) is 0 Å². The second-order valence-corrected chi connectivity index (χ2v) is 5.86. The Morgan fingerprint density at radius 2 is 1.58 bits per heavy atom. The number of carboxylic acid groups (broad SMARTS) is 2. The molecular formula is C12H12O6S. The molecule has 0 unspecified atom stereocenters. The average Bonchev–Trinajstić information content (AvgIpc) is 2.28. The fraction of sp³-hybridized carbons (Fsp3) is 0.167. The van der Waals surface area contributed by atoms with E-state index in [1.54, 1.807) is 19.1 Å². The molecule has 0 aliphatic rings. The largest absolute Gasteiger partial charge is 0.477 e. The molecule has 6 nitrogen and oxygen atoms in total. The zero-order chi connectivity index (χ0) is 14.6. The number of sulfone groups is 1. The smallest absolute Gasteiger partial charge is 0.342 e. The number of hydrogen-bond donors (Lipinski definition) is 2. The Labute approximate surface area is 109 Å². The minimum absolute atomic E-state index is 0.0180. The van der Waals surface area contributed by atoms with Crippen molar-refractivity contribution in [2.75, 3.05) is 5.75 Å².